The highest BCUT2D eigenvalue weighted by atomic mass is 16.3. The number of anilines is 1. The molecule has 0 saturated carbocycles. The van der Waals surface area contributed by atoms with Crippen molar-refractivity contribution in [1.82, 2.24) is 0 Å². The predicted molar refractivity (Wildman–Crippen MR) is 75.8 cm³/mol. The maximum absolute atomic E-state index is 11.8. The van der Waals surface area contributed by atoms with Crippen molar-refractivity contribution in [2.45, 2.75) is 19.4 Å². The summed E-state index contributed by atoms with van der Waals surface area (Å²) >= 11 is 0. The number of aliphatic hydroxyl groups is 1. The van der Waals surface area contributed by atoms with Crippen molar-refractivity contribution >= 4 is 11.6 Å². The zero-order valence-corrected chi connectivity index (χ0v) is 10.8. The van der Waals surface area contributed by atoms with Gasteiger partial charge >= 0.3 is 0 Å². The molecular formula is C16H17NO2. The van der Waals surface area contributed by atoms with Gasteiger partial charge in [-0.3, -0.25) is 4.79 Å². The molecule has 0 spiro atoms. The second-order valence-electron chi connectivity index (χ2n) is 4.55. The topological polar surface area (TPSA) is 49.3 Å². The molecule has 0 saturated heterocycles. The first-order valence-corrected chi connectivity index (χ1v) is 6.24. The van der Waals surface area contributed by atoms with E-state index in [1.54, 1.807) is 0 Å². The van der Waals surface area contributed by atoms with E-state index in [2.05, 4.69) is 5.32 Å². The van der Waals surface area contributed by atoms with Gasteiger partial charge in [0.15, 0.2) is 0 Å². The van der Waals surface area contributed by atoms with E-state index in [0.29, 0.717) is 0 Å². The molecule has 1 unspecified atom stereocenters. The van der Waals surface area contributed by atoms with Crippen LogP contribution in [0.25, 0.3) is 0 Å². The number of carbonyl (C=O) groups excluding carboxylic acids is 1. The molecule has 2 aromatic rings. The van der Waals surface area contributed by atoms with E-state index in [1.807, 2.05) is 61.5 Å². The summed E-state index contributed by atoms with van der Waals surface area (Å²) in [4.78, 5) is 11.8. The average molecular weight is 255 g/mol. The third-order valence-corrected chi connectivity index (χ3v) is 2.86. The van der Waals surface area contributed by atoms with Gasteiger partial charge in [0.1, 0.15) is 0 Å². The third kappa shape index (κ3) is 3.93. The van der Waals surface area contributed by atoms with Crippen LogP contribution in [0.5, 0.6) is 0 Å². The molecule has 1 atom stereocenters. The standard InChI is InChI=1S/C16H17NO2/c1-12-6-5-9-14(10-12)17-16(19)11-15(18)13-7-3-2-4-8-13/h2-10,15,18H,11H2,1H3,(H,17,19). The molecule has 0 radical (unpaired) electrons. The minimum atomic E-state index is -0.772. The van der Waals surface area contributed by atoms with Crippen molar-refractivity contribution in [2.24, 2.45) is 0 Å². The molecule has 0 heterocycles. The van der Waals surface area contributed by atoms with Gasteiger partial charge in [-0.25, -0.2) is 0 Å². The van der Waals surface area contributed by atoms with Crippen LogP contribution in [-0.2, 0) is 4.79 Å². The molecule has 2 N–H and O–H groups in total. The first kappa shape index (κ1) is 13.3. The number of hydrogen-bond donors (Lipinski definition) is 2. The van der Waals surface area contributed by atoms with Crippen molar-refractivity contribution in [3.05, 3.63) is 65.7 Å². The number of nitrogens with one attached hydrogen (secondary N) is 1. The summed E-state index contributed by atoms with van der Waals surface area (Å²) in [5.74, 6) is -0.193. The van der Waals surface area contributed by atoms with Crippen LogP contribution in [-0.4, -0.2) is 11.0 Å². The van der Waals surface area contributed by atoms with Crippen LogP contribution in [0.4, 0.5) is 5.69 Å². The van der Waals surface area contributed by atoms with Crippen LogP contribution in [0.3, 0.4) is 0 Å². The van der Waals surface area contributed by atoms with Crippen molar-refractivity contribution in [3.8, 4) is 0 Å². The Bertz CT molecular complexity index is 552. The summed E-state index contributed by atoms with van der Waals surface area (Å²) in [6, 6.07) is 16.8. The largest absolute Gasteiger partial charge is 0.388 e. The second kappa shape index (κ2) is 6.16. The van der Waals surface area contributed by atoms with Crippen LogP contribution in [0, 0.1) is 6.92 Å². The first-order valence-electron chi connectivity index (χ1n) is 6.24. The van der Waals surface area contributed by atoms with Gasteiger partial charge in [-0.1, -0.05) is 42.5 Å². The Labute approximate surface area is 112 Å². The average Bonchev–Trinajstić information content (AvgIpc) is 2.39. The fourth-order valence-electron chi connectivity index (χ4n) is 1.90. The van der Waals surface area contributed by atoms with E-state index in [4.69, 9.17) is 0 Å². The molecule has 3 heteroatoms. The molecule has 0 aliphatic rings. The smallest absolute Gasteiger partial charge is 0.227 e. The summed E-state index contributed by atoms with van der Waals surface area (Å²) in [7, 11) is 0. The Morgan fingerprint density at radius 3 is 2.58 bits per heavy atom. The molecule has 98 valence electrons. The monoisotopic (exact) mass is 255 g/mol. The number of benzene rings is 2. The minimum absolute atomic E-state index is 0.0535. The number of carbonyl (C=O) groups is 1. The Morgan fingerprint density at radius 1 is 1.16 bits per heavy atom. The lowest BCUT2D eigenvalue weighted by molar-refractivity contribution is -0.118. The van der Waals surface area contributed by atoms with Crippen LogP contribution in [0.1, 0.15) is 23.7 Å². The van der Waals surface area contributed by atoms with Crippen LogP contribution >= 0.6 is 0 Å². The summed E-state index contributed by atoms with van der Waals surface area (Å²) in [6.45, 7) is 1.97. The lowest BCUT2D eigenvalue weighted by Crippen LogP contribution is -2.15. The molecule has 1 amide bonds. The Hall–Kier alpha value is -2.13. The van der Waals surface area contributed by atoms with E-state index < -0.39 is 6.10 Å². The maximum atomic E-state index is 11.8. The van der Waals surface area contributed by atoms with Crippen LogP contribution in [0.15, 0.2) is 54.6 Å². The van der Waals surface area contributed by atoms with Crippen molar-refractivity contribution in [2.75, 3.05) is 5.32 Å². The molecule has 0 bridgehead atoms. The molecule has 0 fully saturated rings. The Morgan fingerprint density at radius 2 is 1.89 bits per heavy atom. The maximum Gasteiger partial charge on any atom is 0.227 e. The lowest BCUT2D eigenvalue weighted by atomic mass is 10.1. The quantitative estimate of drug-likeness (QED) is 0.882. The Kier molecular flexibility index (Phi) is 4.31. The van der Waals surface area contributed by atoms with Gasteiger partial charge in [0.25, 0.3) is 0 Å². The second-order valence-corrected chi connectivity index (χ2v) is 4.55. The van der Waals surface area contributed by atoms with E-state index in [-0.39, 0.29) is 12.3 Å². The molecule has 0 aliphatic heterocycles. The number of aryl methyl sites for hydroxylation is 1. The molecular weight excluding hydrogens is 238 g/mol. The van der Waals surface area contributed by atoms with Crippen molar-refractivity contribution in [3.63, 3.8) is 0 Å². The zero-order chi connectivity index (χ0) is 13.7. The lowest BCUT2D eigenvalue weighted by Gasteiger charge is -2.11. The summed E-state index contributed by atoms with van der Waals surface area (Å²) < 4.78 is 0. The van der Waals surface area contributed by atoms with E-state index in [1.165, 1.54) is 0 Å². The van der Waals surface area contributed by atoms with E-state index in [9.17, 15) is 9.90 Å². The summed E-state index contributed by atoms with van der Waals surface area (Å²) in [6.07, 6.45) is -0.719. The van der Waals surface area contributed by atoms with E-state index >= 15 is 0 Å². The normalized spacial score (nSPS) is 11.9. The van der Waals surface area contributed by atoms with Crippen molar-refractivity contribution < 1.29 is 9.90 Å². The molecule has 2 aromatic carbocycles. The highest BCUT2D eigenvalue weighted by Crippen LogP contribution is 2.17. The highest BCUT2D eigenvalue weighted by molar-refractivity contribution is 5.91. The van der Waals surface area contributed by atoms with Crippen LogP contribution < -0.4 is 5.32 Å². The highest BCUT2D eigenvalue weighted by Gasteiger charge is 2.12. The van der Waals surface area contributed by atoms with Gasteiger partial charge < -0.3 is 10.4 Å². The number of hydrogen-bond acceptors (Lipinski definition) is 2. The minimum Gasteiger partial charge on any atom is -0.388 e. The Balaban J connectivity index is 1.95. The van der Waals surface area contributed by atoms with Gasteiger partial charge in [0, 0.05) is 5.69 Å². The number of rotatable bonds is 4. The first-order chi connectivity index (χ1) is 9.15. The molecule has 2 rings (SSSR count). The van der Waals surface area contributed by atoms with Crippen LogP contribution in [0.2, 0.25) is 0 Å². The molecule has 19 heavy (non-hydrogen) atoms. The van der Waals surface area contributed by atoms with Crippen molar-refractivity contribution in [1.29, 1.82) is 0 Å². The molecule has 0 aromatic heterocycles. The molecule has 3 nitrogen and oxygen atoms in total. The number of amides is 1. The molecule has 0 aliphatic carbocycles. The fraction of sp³-hybridized carbons (Fsp3) is 0.188. The van der Waals surface area contributed by atoms with Gasteiger partial charge in [0.2, 0.25) is 5.91 Å². The predicted octanol–water partition coefficient (Wildman–Crippen LogP) is 3.06. The van der Waals surface area contributed by atoms with Gasteiger partial charge in [0.05, 0.1) is 12.5 Å². The summed E-state index contributed by atoms with van der Waals surface area (Å²) in [5.41, 5.74) is 2.59. The number of aliphatic hydroxyl groups excluding tert-OH is 1. The third-order valence-electron chi connectivity index (χ3n) is 2.86. The zero-order valence-electron chi connectivity index (χ0n) is 10.8. The van der Waals surface area contributed by atoms with Gasteiger partial charge in [-0.05, 0) is 30.2 Å². The van der Waals surface area contributed by atoms with E-state index in [0.717, 1.165) is 16.8 Å². The van der Waals surface area contributed by atoms with Gasteiger partial charge in [-0.15, -0.1) is 0 Å². The summed E-state index contributed by atoms with van der Waals surface area (Å²) in [5, 5.41) is 12.7. The fourth-order valence-corrected chi connectivity index (χ4v) is 1.90. The SMILES string of the molecule is Cc1cccc(NC(=O)CC(O)c2ccccc2)c1. The van der Waals surface area contributed by atoms with Gasteiger partial charge in [-0.2, -0.15) is 0 Å².